The molecule has 0 aliphatic carbocycles. The number of hydrogen-bond acceptors (Lipinski definition) is 4. The Bertz CT molecular complexity index is 473. The quantitative estimate of drug-likeness (QED) is 0.584. The third-order valence-corrected chi connectivity index (χ3v) is 2.02. The largest absolute Gasteiger partial charge is 0.364 e. The number of nitrogens with two attached hydrogens (primary N) is 1. The van der Waals surface area contributed by atoms with Crippen molar-refractivity contribution in [3.05, 3.63) is 29.6 Å². The number of nitrogens with zero attached hydrogens (tertiary/aromatic N) is 1. The summed E-state index contributed by atoms with van der Waals surface area (Å²) < 4.78 is 0. The lowest BCUT2D eigenvalue weighted by atomic mass is 10.3. The van der Waals surface area contributed by atoms with Crippen molar-refractivity contribution in [2.45, 2.75) is 6.92 Å². The zero-order chi connectivity index (χ0) is 13.5. The molecule has 0 aromatic carbocycles. The standard InChI is InChI=1S/C11H14N4O3/c1-7(16)13-5-6-14-11(18)9-4-2-3-8(15-9)10(12)17/h2-4H,5-6H2,1H3,(H2,12,17)(H,13,16)(H,14,18). The molecule has 0 atom stereocenters. The van der Waals surface area contributed by atoms with E-state index >= 15 is 0 Å². The molecule has 0 aliphatic rings. The van der Waals surface area contributed by atoms with Crippen LogP contribution in [0.3, 0.4) is 0 Å². The van der Waals surface area contributed by atoms with Crippen molar-refractivity contribution in [1.29, 1.82) is 0 Å². The lowest BCUT2D eigenvalue weighted by molar-refractivity contribution is -0.118. The van der Waals surface area contributed by atoms with E-state index < -0.39 is 11.8 Å². The first-order valence-corrected chi connectivity index (χ1v) is 5.30. The van der Waals surface area contributed by atoms with E-state index in [-0.39, 0.29) is 23.8 Å². The first-order chi connectivity index (χ1) is 8.50. The third kappa shape index (κ3) is 4.20. The fourth-order valence-corrected chi connectivity index (χ4v) is 1.20. The van der Waals surface area contributed by atoms with E-state index in [4.69, 9.17) is 5.73 Å². The van der Waals surface area contributed by atoms with E-state index in [1.807, 2.05) is 0 Å². The Hall–Kier alpha value is -2.44. The molecule has 1 aromatic heterocycles. The van der Waals surface area contributed by atoms with Crippen molar-refractivity contribution in [3.63, 3.8) is 0 Å². The van der Waals surface area contributed by atoms with Gasteiger partial charge in [-0.15, -0.1) is 0 Å². The monoisotopic (exact) mass is 250 g/mol. The van der Waals surface area contributed by atoms with Crippen LogP contribution in [0.2, 0.25) is 0 Å². The number of amides is 3. The molecular weight excluding hydrogens is 236 g/mol. The molecule has 0 saturated heterocycles. The van der Waals surface area contributed by atoms with Crippen LogP contribution in [0.5, 0.6) is 0 Å². The fraction of sp³-hybridized carbons (Fsp3) is 0.273. The third-order valence-electron chi connectivity index (χ3n) is 2.02. The first-order valence-electron chi connectivity index (χ1n) is 5.30. The molecule has 1 heterocycles. The Balaban J connectivity index is 2.53. The highest BCUT2D eigenvalue weighted by molar-refractivity contribution is 5.95. The lowest BCUT2D eigenvalue weighted by Crippen LogP contribution is -2.34. The van der Waals surface area contributed by atoms with Crippen LogP contribution in [0.25, 0.3) is 0 Å². The number of aromatic nitrogens is 1. The molecule has 3 amide bonds. The summed E-state index contributed by atoms with van der Waals surface area (Å²) in [5, 5.41) is 5.09. The molecule has 1 aromatic rings. The molecular formula is C11H14N4O3. The predicted molar refractivity (Wildman–Crippen MR) is 63.8 cm³/mol. The average molecular weight is 250 g/mol. The van der Waals surface area contributed by atoms with Gasteiger partial charge >= 0.3 is 0 Å². The number of hydrogen-bond donors (Lipinski definition) is 3. The zero-order valence-electron chi connectivity index (χ0n) is 9.90. The highest BCUT2D eigenvalue weighted by Gasteiger charge is 2.09. The van der Waals surface area contributed by atoms with Crippen molar-refractivity contribution in [2.24, 2.45) is 5.73 Å². The van der Waals surface area contributed by atoms with Crippen molar-refractivity contribution < 1.29 is 14.4 Å². The summed E-state index contributed by atoms with van der Waals surface area (Å²) >= 11 is 0. The predicted octanol–water partition coefficient (Wildman–Crippen LogP) is -0.954. The molecule has 1 rings (SSSR count). The summed E-state index contributed by atoms with van der Waals surface area (Å²) in [5.74, 6) is -1.29. The van der Waals surface area contributed by atoms with E-state index in [2.05, 4.69) is 15.6 Å². The normalized spacial score (nSPS) is 9.61. The minimum Gasteiger partial charge on any atom is -0.364 e. The van der Waals surface area contributed by atoms with Crippen LogP contribution in [-0.4, -0.2) is 35.8 Å². The summed E-state index contributed by atoms with van der Waals surface area (Å²) in [7, 11) is 0. The SMILES string of the molecule is CC(=O)NCCNC(=O)c1cccc(C(N)=O)n1. The van der Waals surface area contributed by atoms with Gasteiger partial charge in [0.05, 0.1) is 0 Å². The maximum Gasteiger partial charge on any atom is 0.269 e. The number of carbonyl (C=O) groups is 3. The van der Waals surface area contributed by atoms with Gasteiger partial charge in [0, 0.05) is 20.0 Å². The molecule has 0 bridgehead atoms. The minimum absolute atomic E-state index is 0.0320. The van der Waals surface area contributed by atoms with E-state index in [1.54, 1.807) is 0 Å². The molecule has 0 fully saturated rings. The number of carbonyl (C=O) groups excluding carboxylic acids is 3. The summed E-state index contributed by atoms with van der Waals surface area (Å²) in [5.41, 5.74) is 5.19. The first kappa shape index (κ1) is 13.6. The minimum atomic E-state index is -0.692. The molecule has 7 nitrogen and oxygen atoms in total. The summed E-state index contributed by atoms with van der Waals surface area (Å²) in [4.78, 5) is 36.9. The van der Waals surface area contributed by atoms with Gasteiger partial charge in [-0.3, -0.25) is 14.4 Å². The molecule has 0 radical (unpaired) electrons. The van der Waals surface area contributed by atoms with Gasteiger partial charge in [-0.25, -0.2) is 4.98 Å². The van der Waals surface area contributed by atoms with Crippen LogP contribution < -0.4 is 16.4 Å². The molecule has 0 saturated carbocycles. The van der Waals surface area contributed by atoms with E-state index in [0.29, 0.717) is 6.54 Å². The van der Waals surface area contributed by atoms with Gasteiger partial charge in [-0.2, -0.15) is 0 Å². The molecule has 4 N–H and O–H groups in total. The molecule has 7 heteroatoms. The number of pyridine rings is 1. The van der Waals surface area contributed by atoms with E-state index in [1.165, 1.54) is 25.1 Å². The van der Waals surface area contributed by atoms with Crippen LogP contribution in [-0.2, 0) is 4.79 Å². The van der Waals surface area contributed by atoms with Gasteiger partial charge in [0.15, 0.2) is 0 Å². The Morgan fingerprint density at radius 3 is 2.39 bits per heavy atom. The highest BCUT2D eigenvalue weighted by atomic mass is 16.2. The molecule has 0 aliphatic heterocycles. The van der Waals surface area contributed by atoms with Gasteiger partial charge in [0.1, 0.15) is 11.4 Å². The molecule has 0 spiro atoms. The van der Waals surface area contributed by atoms with Gasteiger partial charge in [0.2, 0.25) is 5.91 Å². The van der Waals surface area contributed by atoms with Crippen LogP contribution in [0.4, 0.5) is 0 Å². The second-order valence-electron chi connectivity index (χ2n) is 3.51. The van der Waals surface area contributed by atoms with Gasteiger partial charge in [0.25, 0.3) is 11.8 Å². The molecule has 18 heavy (non-hydrogen) atoms. The van der Waals surface area contributed by atoms with E-state index in [9.17, 15) is 14.4 Å². The average Bonchev–Trinajstić information content (AvgIpc) is 2.34. The van der Waals surface area contributed by atoms with Crippen molar-refractivity contribution >= 4 is 17.7 Å². The second-order valence-corrected chi connectivity index (χ2v) is 3.51. The van der Waals surface area contributed by atoms with E-state index in [0.717, 1.165) is 0 Å². The Morgan fingerprint density at radius 1 is 1.17 bits per heavy atom. The maximum absolute atomic E-state index is 11.6. The topological polar surface area (TPSA) is 114 Å². The van der Waals surface area contributed by atoms with Crippen molar-refractivity contribution in [2.75, 3.05) is 13.1 Å². The number of nitrogens with one attached hydrogen (secondary N) is 2. The second kappa shape index (κ2) is 6.33. The van der Waals surface area contributed by atoms with Crippen LogP contribution in [0, 0.1) is 0 Å². The maximum atomic E-state index is 11.6. The summed E-state index contributed by atoms with van der Waals surface area (Å²) in [6.07, 6.45) is 0. The Morgan fingerprint density at radius 2 is 1.78 bits per heavy atom. The number of rotatable bonds is 5. The van der Waals surface area contributed by atoms with Crippen molar-refractivity contribution in [3.8, 4) is 0 Å². The fourth-order valence-electron chi connectivity index (χ4n) is 1.20. The Kier molecular flexibility index (Phi) is 4.79. The number of primary amides is 1. The van der Waals surface area contributed by atoms with Gasteiger partial charge in [-0.05, 0) is 12.1 Å². The van der Waals surface area contributed by atoms with Crippen molar-refractivity contribution in [1.82, 2.24) is 15.6 Å². The van der Waals surface area contributed by atoms with Crippen LogP contribution in [0.15, 0.2) is 18.2 Å². The molecule has 96 valence electrons. The lowest BCUT2D eigenvalue weighted by Gasteiger charge is -2.05. The van der Waals surface area contributed by atoms with Crippen LogP contribution >= 0.6 is 0 Å². The van der Waals surface area contributed by atoms with Gasteiger partial charge in [-0.1, -0.05) is 6.07 Å². The van der Waals surface area contributed by atoms with Gasteiger partial charge < -0.3 is 16.4 Å². The highest BCUT2D eigenvalue weighted by Crippen LogP contribution is 1.98. The summed E-state index contributed by atoms with van der Waals surface area (Å²) in [6, 6.07) is 4.42. The Labute approximate surface area is 104 Å². The molecule has 0 unspecified atom stereocenters. The van der Waals surface area contributed by atoms with Crippen LogP contribution in [0.1, 0.15) is 27.9 Å². The smallest absolute Gasteiger partial charge is 0.269 e. The summed E-state index contributed by atoms with van der Waals surface area (Å²) in [6.45, 7) is 2.00. The zero-order valence-corrected chi connectivity index (χ0v) is 9.90.